The second-order valence-electron chi connectivity index (χ2n) is 0. The molecule has 0 saturated heterocycles. The van der Waals surface area contributed by atoms with Gasteiger partial charge in [-0.1, -0.05) is 0 Å². The molecule has 0 aromatic rings. The van der Waals surface area contributed by atoms with E-state index in [1.807, 2.05) is 0 Å². The SMILES string of the molecule is [O-2].[O-2].[O-2].[O-2].[O-2].[O-2].[U].[W]. The molecule has 0 aliphatic heterocycles. The first-order valence-electron chi connectivity index (χ1n) is 0. The molecule has 0 rings (SSSR count). The van der Waals surface area contributed by atoms with Crippen molar-refractivity contribution < 1.29 is 85.0 Å². The van der Waals surface area contributed by atoms with Crippen molar-refractivity contribution in [1.82, 2.24) is 0 Å². The Bertz CT molecular complexity index is 8.49. The van der Waals surface area contributed by atoms with E-state index >= 15 is 0 Å². The van der Waals surface area contributed by atoms with E-state index in [4.69, 9.17) is 0 Å². The molecular weight excluding hydrogens is 518 g/mol. The van der Waals surface area contributed by atoms with Crippen molar-refractivity contribution in [2.24, 2.45) is 0 Å². The van der Waals surface area contributed by atoms with Crippen LogP contribution in [0.1, 0.15) is 0 Å². The van der Waals surface area contributed by atoms with Crippen LogP contribution in [0.2, 0.25) is 0 Å². The summed E-state index contributed by atoms with van der Waals surface area (Å²) in [4.78, 5) is 0. The third-order valence-electron chi connectivity index (χ3n) is 0. The van der Waals surface area contributed by atoms with E-state index < -0.39 is 0 Å². The summed E-state index contributed by atoms with van der Waals surface area (Å²) in [5.41, 5.74) is 0. The fourth-order valence-electron chi connectivity index (χ4n) is 0. The Morgan fingerprint density at radius 1 is 0.375 bits per heavy atom. The quantitative estimate of drug-likeness (QED) is 0.395. The summed E-state index contributed by atoms with van der Waals surface area (Å²) in [6, 6.07) is 0. The summed E-state index contributed by atoms with van der Waals surface area (Å²) < 4.78 is 0. The Morgan fingerprint density at radius 3 is 0.375 bits per heavy atom. The molecule has 8 heteroatoms. The predicted molar refractivity (Wildman–Crippen MR) is 4.12 cm³/mol. The normalized spacial score (nSPS) is 0. The van der Waals surface area contributed by atoms with Gasteiger partial charge in [0.2, 0.25) is 0 Å². The van der Waals surface area contributed by atoms with Gasteiger partial charge in [0.15, 0.2) is 0 Å². The number of rotatable bonds is 0. The monoisotopic (exact) mass is 518 g/mol. The Kier molecular flexibility index (Phi) is 8100. The maximum Gasteiger partial charge on any atom is 0 e. The minimum absolute atomic E-state index is 0. The zero-order valence-corrected chi connectivity index (χ0v) is 10.5. The van der Waals surface area contributed by atoms with Crippen LogP contribution in [0.5, 0.6) is 0 Å². The van der Waals surface area contributed by atoms with Crippen LogP contribution in [0, 0.1) is 31.1 Å². The third kappa shape index (κ3) is 141. The second-order valence-corrected chi connectivity index (χ2v) is 0. The van der Waals surface area contributed by atoms with Gasteiger partial charge in [-0.2, -0.15) is 0 Å². The average molecular weight is 518 g/mol. The van der Waals surface area contributed by atoms with Gasteiger partial charge in [0.25, 0.3) is 0 Å². The van der Waals surface area contributed by atoms with Gasteiger partial charge in [-0.15, -0.1) is 0 Å². The Morgan fingerprint density at radius 2 is 0.375 bits per heavy atom. The molecule has 58 valence electrons. The van der Waals surface area contributed by atoms with Crippen LogP contribution >= 0.6 is 0 Å². The summed E-state index contributed by atoms with van der Waals surface area (Å²) in [6.45, 7) is 0. The molecule has 0 aromatic heterocycles. The molecule has 0 atom stereocenters. The molecule has 0 amide bonds. The van der Waals surface area contributed by atoms with E-state index in [2.05, 4.69) is 0 Å². The Hall–Kier alpha value is 1.50. The zero-order chi connectivity index (χ0) is 0. The van der Waals surface area contributed by atoms with Crippen LogP contribution in [0.3, 0.4) is 0 Å². The molecule has 0 aromatic carbocycles. The van der Waals surface area contributed by atoms with Crippen molar-refractivity contribution >= 4 is 0 Å². The van der Waals surface area contributed by atoms with Gasteiger partial charge in [0.1, 0.15) is 0 Å². The summed E-state index contributed by atoms with van der Waals surface area (Å²) in [6.07, 6.45) is 0. The van der Waals surface area contributed by atoms with Gasteiger partial charge in [-0.05, 0) is 0 Å². The molecule has 6 nitrogen and oxygen atoms in total. The molecule has 0 fully saturated rings. The van der Waals surface area contributed by atoms with Crippen molar-refractivity contribution in [1.29, 1.82) is 0 Å². The first-order valence-corrected chi connectivity index (χ1v) is 0. The predicted octanol–water partition coefficient (Wildman–Crippen LogP) is -0.715. The van der Waals surface area contributed by atoms with Gasteiger partial charge < -0.3 is 32.9 Å². The van der Waals surface area contributed by atoms with Gasteiger partial charge in [-0.3, -0.25) is 0 Å². The van der Waals surface area contributed by atoms with E-state index in [0.717, 1.165) is 0 Å². The molecule has 0 heterocycles. The topological polar surface area (TPSA) is 171 Å². The standard InChI is InChI=1S/6O.U.W/q6*-2;;. The van der Waals surface area contributed by atoms with E-state index in [1.54, 1.807) is 0 Å². The summed E-state index contributed by atoms with van der Waals surface area (Å²) in [7, 11) is 0. The average Bonchev–Trinajstić information content (AvgIpc) is 0. The van der Waals surface area contributed by atoms with Gasteiger partial charge in [0, 0.05) is 52.2 Å². The fourth-order valence-corrected chi connectivity index (χ4v) is 0. The number of hydrogen-bond acceptors (Lipinski definition) is 0. The van der Waals surface area contributed by atoms with E-state index in [9.17, 15) is 0 Å². The molecule has 0 radical (unpaired) electrons. The van der Waals surface area contributed by atoms with E-state index in [-0.39, 0.29) is 85.0 Å². The molecule has 8 heavy (non-hydrogen) atoms. The minimum Gasteiger partial charge on any atom is -2.00 e. The molecule has 0 bridgehead atoms. The van der Waals surface area contributed by atoms with Gasteiger partial charge in [-0.25, -0.2) is 0 Å². The van der Waals surface area contributed by atoms with E-state index in [0.29, 0.717) is 0 Å². The maximum atomic E-state index is 0. The third-order valence-corrected chi connectivity index (χ3v) is 0. The van der Waals surface area contributed by atoms with Crippen molar-refractivity contribution in [3.63, 3.8) is 0 Å². The summed E-state index contributed by atoms with van der Waals surface area (Å²) in [5.74, 6) is 0. The molecule has 0 aliphatic rings. The van der Waals surface area contributed by atoms with Crippen molar-refractivity contribution in [2.75, 3.05) is 0 Å². The molecule has 0 unspecified atom stereocenters. The molecular formula is O6UW-12. The fraction of sp³-hybridized carbons (Fsp3) is 0. The van der Waals surface area contributed by atoms with Crippen molar-refractivity contribution in [3.8, 4) is 0 Å². The summed E-state index contributed by atoms with van der Waals surface area (Å²) in [5, 5.41) is 0. The Balaban J connectivity index is 0. The summed E-state index contributed by atoms with van der Waals surface area (Å²) >= 11 is 0. The van der Waals surface area contributed by atoms with Crippen molar-refractivity contribution in [3.05, 3.63) is 0 Å². The largest absolute Gasteiger partial charge is 2.00 e. The molecule has 0 spiro atoms. The maximum absolute atomic E-state index is 0. The smallest absolute Gasteiger partial charge is 0 e. The second kappa shape index (κ2) is 212. The Labute approximate surface area is 84.5 Å². The van der Waals surface area contributed by atoms with Crippen LogP contribution in [-0.4, -0.2) is 0 Å². The first kappa shape index (κ1) is 305. The van der Waals surface area contributed by atoms with Crippen LogP contribution in [0.25, 0.3) is 0 Å². The first-order chi connectivity index (χ1) is 0. The van der Waals surface area contributed by atoms with Crippen LogP contribution < -0.4 is 0 Å². The molecule has 0 aliphatic carbocycles. The van der Waals surface area contributed by atoms with E-state index in [1.165, 1.54) is 0 Å². The minimum atomic E-state index is 0. The van der Waals surface area contributed by atoms with Gasteiger partial charge in [0.05, 0.1) is 0 Å². The molecule has 0 N–H and O–H groups in total. The van der Waals surface area contributed by atoms with Crippen LogP contribution in [0.15, 0.2) is 0 Å². The molecule has 0 saturated carbocycles. The van der Waals surface area contributed by atoms with Crippen LogP contribution in [-0.2, 0) is 53.9 Å². The zero-order valence-electron chi connectivity index (χ0n) is 3.36. The van der Waals surface area contributed by atoms with Crippen LogP contribution in [0.4, 0.5) is 0 Å². The van der Waals surface area contributed by atoms with Gasteiger partial charge >= 0.3 is 0 Å². The van der Waals surface area contributed by atoms with Crippen molar-refractivity contribution in [2.45, 2.75) is 0 Å². The number of hydrogen-bond donors (Lipinski definition) is 0.